The fourth-order valence-corrected chi connectivity index (χ4v) is 4.66. The predicted octanol–water partition coefficient (Wildman–Crippen LogP) is 4.00. The Labute approximate surface area is 226 Å². The number of amides is 1. The lowest BCUT2D eigenvalue weighted by Gasteiger charge is -2.30. The van der Waals surface area contributed by atoms with Crippen LogP contribution in [-0.4, -0.2) is 53.8 Å². The van der Waals surface area contributed by atoms with Gasteiger partial charge in [0.05, 0.1) is 36.8 Å². The highest BCUT2D eigenvalue weighted by molar-refractivity contribution is 6.49. The molecule has 3 heterocycles. The van der Waals surface area contributed by atoms with Gasteiger partial charge < -0.3 is 30.8 Å². The normalized spacial score (nSPS) is 19.4. The van der Waals surface area contributed by atoms with Gasteiger partial charge in [-0.15, -0.1) is 0 Å². The van der Waals surface area contributed by atoms with Crippen LogP contribution in [0, 0.1) is 5.82 Å². The SMILES string of the molecule is CC/C(=C\C(=C/N)N1CCOCC1)C1=CCC2NN=C(C(=O)Nc3ccc(Oc4cccc(F)c4)nc3)C2=C1. The third-order valence-electron chi connectivity index (χ3n) is 6.71. The van der Waals surface area contributed by atoms with E-state index in [-0.39, 0.29) is 17.8 Å². The van der Waals surface area contributed by atoms with Crippen molar-refractivity contribution in [2.75, 3.05) is 31.6 Å². The van der Waals surface area contributed by atoms with Crippen LogP contribution >= 0.6 is 0 Å². The minimum atomic E-state index is -0.398. The highest BCUT2D eigenvalue weighted by Crippen LogP contribution is 2.30. The lowest BCUT2D eigenvalue weighted by atomic mass is 9.88. The van der Waals surface area contributed by atoms with Crippen LogP contribution in [0.4, 0.5) is 10.1 Å². The van der Waals surface area contributed by atoms with Crippen molar-refractivity contribution in [1.82, 2.24) is 15.3 Å². The maximum atomic E-state index is 13.4. The molecule has 1 fully saturated rings. The van der Waals surface area contributed by atoms with Crippen LogP contribution < -0.4 is 21.2 Å². The lowest BCUT2D eigenvalue weighted by Crippen LogP contribution is -2.35. The number of ether oxygens (including phenoxy) is 2. The molecule has 1 unspecified atom stereocenters. The van der Waals surface area contributed by atoms with E-state index in [1.165, 1.54) is 18.3 Å². The van der Waals surface area contributed by atoms with Gasteiger partial charge >= 0.3 is 0 Å². The molecule has 1 aromatic heterocycles. The van der Waals surface area contributed by atoms with Crippen molar-refractivity contribution in [2.45, 2.75) is 25.8 Å². The average Bonchev–Trinajstić information content (AvgIpc) is 3.39. The molecule has 1 amide bonds. The second kappa shape index (κ2) is 12.0. The van der Waals surface area contributed by atoms with Gasteiger partial charge in [-0.2, -0.15) is 5.10 Å². The Morgan fingerprint density at radius 3 is 2.87 bits per heavy atom. The fraction of sp³-hybridized carbons (Fsp3) is 0.276. The molecule has 10 heteroatoms. The number of allylic oxidation sites excluding steroid dienone is 4. The average molecular weight is 531 g/mol. The maximum absolute atomic E-state index is 13.4. The molecule has 0 spiro atoms. The number of benzene rings is 1. The van der Waals surface area contributed by atoms with Crippen molar-refractivity contribution in [3.8, 4) is 11.6 Å². The smallest absolute Gasteiger partial charge is 0.276 e. The first-order valence-electron chi connectivity index (χ1n) is 13.0. The summed E-state index contributed by atoms with van der Waals surface area (Å²) in [7, 11) is 0. The van der Waals surface area contributed by atoms with Gasteiger partial charge in [0.2, 0.25) is 5.88 Å². The first-order chi connectivity index (χ1) is 19.0. The van der Waals surface area contributed by atoms with Crippen LogP contribution in [0.3, 0.4) is 0 Å². The van der Waals surface area contributed by atoms with Gasteiger partial charge in [-0.1, -0.05) is 19.1 Å². The van der Waals surface area contributed by atoms with Crippen molar-refractivity contribution in [3.05, 3.63) is 95.3 Å². The number of hydrazone groups is 1. The molecule has 0 radical (unpaired) electrons. The predicted molar refractivity (Wildman–Crippen MR) is 148 cm³/mol. The lowest BCUT2D eigenvalue weighted by molar-refractivity contribution is -0.110. The number of morpholine rings is 1. The Balaban J connectivity index is 1.27. The van der Waals surface area contributed by atoms with Crippen molar-refractivity contribution in [2.24, 2.45) is 10.8 Å². The zero-order valence-electron chi connectivity index (χ0n) is 21.7. The Morgan fingerprint density at radius 1 is 1.31 bits per heavy atom. The molecular weight excluding hydrogens is 499 g/mol. The molecule has 0 bridgehead atoms. The Morgan fingerprint density at radius 2 is 2.15 bits per heavy atom. The van der Waals surface area contributed by atoms with Gasteiger partial charge in [-0.25, -0.2) is 9.37 Å². The first-order valence-corrected chi connectivity index (χ1v) is 13.0. The van der Waals surface area contributed by atoms with E-state index >= 15 is 0 Å². The minimum Gasteiger partial charge on any atom is -0.439 e. The van der Waals surface area contributed by atoms with Gasteiger partial charge in [-0.3, -0.25) is 4.79 Å². The third-order valence-corrected chi connectivity index (χ3v) is 6.71. The van der Waals surface area contributed by atoms with Crippen molar-refractivity contribution in [3.63, 3.8) is 0 Å². The number of nitrogens with two attached hydrogens (primary N) is 1. The number of anilines is 1. The van der Waals surface area contributed by atoms with Gasteiger partial charge in [-0.05, 0) is 54.3 Å². The molecule has 5 rings (SSSR count). The van der Waals surface area contributed by atoms with Crippen LogP contribution in [-0.2, 0) is 9.53 Å². The number of carbonyl (C=O) groups is 1. The Kier molecular flexibility index (Phi) is 8.02. The van der Waals surface area contributed by atoms with Crippen molar-refractivity contribution < 1.29 is 18.7 Å². The topological polar surface area (TPSA) is 114 Å². The molecule has 1 aliphatic carbocycles. The van der Waals surface area contributed by atoms with Gasteiger partial charge in [0.15, 0.2) is 5.71 Å². The standard InChI is InChI=1S/C29H31FN6O3/c1-2-19(14-23(17-31)36-10-12-38-13-11-36)20-6-8-26-25(15-20)28(35-34-26)29(37)33-22-7-9-27(32-18-22)39-24-5-3-4-21(30)16-24/h3-7,9,14-18,26,34H,2,8,10-13,31H2,1H3,(H,33,37)/b19-14+,23-17+. The number of pyridine rings is 1. The summed E-state index contributed by atoms with van der Waals surface area (Å²) in [4.78, 5) is 19.6. The molecule has 39 heavy (non-hydrogen) atoms. The number of rotatable bonds is 8. The zero-order valence-corrected chi connectivity index (χ0v) is 21.7. The third kappa shape index (κ3) is 6.18. The molecule has 2 aromatic rings. The molecule has 202 valence electrons. The largest absolute Gasteiger partial charge is 0.439 e. The van der Waals surface area contributed by atoms with Crippen LogP contribution in [0.25, 0.3) is 0 Å². The molecule has 1 aromatic carbocycles. The fourth-order valence-electron chi connectivity index (χ4n) is 4.66. The minimum absolute atomic E-state index is 0.0588. The summed E-state index contributed by atoms with van der Waals surface area (Å²) in [5, 5.41) is 7.18. The molecule has 4 N–H and O–H groups in total. The second-order valence-corrected chi connectivity index (χ2v) is 9.25. The molecule has 2 aliphatic heterocycles. The van der Waals surface area contributed by atoms with Gasteiger partial charge in [0, 0.05) is 37.0 Å². The molecule has 9 nitrogen and oxygen atoms in total. The first kappa shape index (κ1) is 26.2. The van der Waals surface area contributed by atoms with Crippen LogP contribution in [0.15, 0.2) is 94.5 Å². The van der Waals surface area contributed by atoms with Crippen molar-refractivity contribution >= 4 is 17.3 Å². The monoisotopic (exact) mass is 530 g/mol. The number of halogens is 1. The number of fused-ring (bicyclic) bond motifs is 1. The van der Waals surface area contributed by atoms with Crippen LogP contribution in [0.2, 0.25) is 0 Å². The summed E-state index contributed by atoms with van der Waals surface area (Å²) in [6.07, 6.45) is 11.0. The molecular formula is C29H31FN6O3. The number of carbonyl (C=O) groups excluding carboxylic acids is 1. The Hall–Kier alpha value is -4.44. The number of hydrogen-bond acceptors (Lipinski definition) is 8. The van der Waals surface area contributed by atoms with E-state index in [4.69, 9.17) is 15.2 Å². The number of nitrogens with one attached hydrogen (secondary N) is 2. The summed E-state index contributed by atoms with van der Waals surface area (Å²) < 4.78 is 24.4. The number of aromatic nitrogens is 1. The zero-order chi connectivity index (χ0) is 27.2. The van der Waals surface area contributed by atoms with Crippen LogP contribution in [0.1, 0.15) is 19.8 Å². The number of nitrogens with zero attached hydrogens (tertiary/aromatic N) is 3. The summed E-state index contributed by atoms with van der Waals surface area (Å²) in [5.41, 5.74) is 13.9. The summed E-state index contributed by atoms with van der Waals surface area (Å²) in [6.45, 7) is 5.06. The maximum Gasteiger partial charge on any atom is 0.276 e. The highest BCUT2D eigenvalue weighted by atomic mass is 19.1. The van der Waals surface area contributed by atoms with Crippen molar-refractivity contribution in [1.29, 1.82) is 0 Å². The van der Waals surface area contributed by atoms with Crippen LogP contribution in [0.5, 0.6) is 11.6 Å². The van der Waals surface area contributed by atoms with E-state index in [1.54, 1.807) is 30.5 Å². The van der Waals surface area contributed by atoms with E-state index in [2.05, 4.69) is 44.8 Å². The summed E-state index contributed by atoms with van der Waals surface area (Å²) in [5.74, 6) is -0.115. The molecule has 1 saturated heterocycles. The van der Waals surface area contributed by atoms with E-state index in [0.717, 1.165) is 41.9 Å². The Bertz CT molecular complexity index is 1370. The molecule has 1 atom stereocenters. The summed E-state index contributed by atoms with van der Waals surface area (Å²) >= 11 is 0. The van der Waals surface area contributed by atoms with E-state index in [9.17, 15) is 9.18 Å². The van der Waals surface area contributed by atoms with E-state index < -0.39 is 5.82 Å². The van der Waals surface area contributed by atoms with Gasteiger partial charge in [0.25, 0.3) is 5.91 Å². The second-order valence-electron chi connectivity index (χ2n) is 9.25. The quantitative estimate of drug-likeness (QED) is 0.442. The van der Waals surface area contributed by atoms with E-state index in [1.807, 2.05) is 6.08 Å². The summed E-state index contributed by atoms with van der Waals surface area (Å²) in [6, 6.07) is 9.02. The highest BCUT2D eigenvalue weighted by Gasteiger charge is 2.32. The number of hydrogen-bond donors (Lipinski definition) is 3. The van der Waals surface area contributed by atoms with E-state index in [0.29, 0.717) is 36.8 Å². The molecule has 3 aliphatic rings. The van der Waals surface area contributed by atoms with Gasteiger partial charge in [0.1, 0.15) is 11.6 Å². The molecule has 0 saturated carbocycles.